The van der Waals surface area contributed by atoms with Gasteiger partial charge in [-0.05, 0) is 18.8 Å². The molecule has 0 aliphatic rings. The number of ether oxygens (including phenoxy) is 1. The van der Waals surface area contributed by atoms with Crippen LogP contribution in [0.5, 0.6) is 0 Å². The summed E-state index contributed by atoms with van der Waals surface area (Å²) in [5.74, 6) is 0.175. The van der Waals surface area contributed by atoms with Gasteiger partial charge in [-0.25, -0.2) is 0 Å². The van der Waals surface area contributed by atoms with Crippen molar-refractivity contribution in [1.82, 2.24) is 0 Å². The van der Waals surface area contributed by atoms with Crippen LogP contribution in [0, 0.1) is 5.92 Å². The third kappa shape index (κ3) is 4.16. The van der Waals surface area contributed by atoms with Crippen LogP contribution in [-0.2, 0) is 9.53 Å². The minimum atomic E-state index is -0.197. The maximum atomic E-state index is 10.7. The van der Waals surface area contributed by atoms with Gasteiger partial charge in [0, 0.05) is 6.92 Å². The molecule has 0 unspecified atom stereocenters. The third-order valence-electron chi connectivity index (χ3n) is 1.89. The Kier molecular flexibility index (Phi) is 5.43. The molecule has 2 heteroatoms. The zero-order valence-electron chi connectivity index (χ0n) is 8.17. The lowest BCUT2D eigenvalue weighted by Gasteiger charge is -2.20. The van der Waals surface area contributed by atoms with Crippen molar-refractivity contribution in [3.05, 3.63) is 12.7 Å². The van der Waals surface area contributed by atoms with Gasteiger partial charge in [0.15, 0.2) is 0 Å². The summed E-state index contributed by atoms with van der Waals surface area (Å²) in [6.45, 7) is 9.19. The average molecular weight is 170 g/mol. The van der Waals surface area contributed by atoms with E-state index in [9.17, 15) is 4.79 Å². The van der Waals surface area contributed by atoms with E-state index >= 15 is 0 Å². The van der Waals surface area contributed by atoms with E-state index in [1.165, 1.54) is 6.92 Å². The van der Waals surface area contributed by atoms with Crippen LogP contribution in [0.3, 0.4) is 0 Å². The van der Waals surface area contributed by atoms with Crippen molar-refractivity contribution in [2.45, 2.75) is 39.7 Å². The highest BCUT2D eigenvalue weighted by atomic mass is 16.5. The molecule has 70 valence electrons. The number of carbonyl (C=O) groups excluding carboxylic acids is 1. The topological polar surface area (TPSA) is 26.3 Å². The van der Waals surface area contributed by atoms with Crippen molar-refractivity contribution in [3.8, 4) is 0 Å². The van der Waals surface area contributed by atoms with Crippen molar-refractivity contribution in [3.63, 3.8) is 0 Å². The van der Waals surface area contributed by atoms with Crippen LogP contribution < -0.4 is 0 Å². The lowest BCUT2D eigenvalue weighted by Crippen LogP contribution is -2.22. The zero-order valence-corrected chi connectivity index (χ0v) is 8.17. The maximum Gasteiger partial charge on any atom is 0.302 e. The Labute approximate surface area is 74.6 Å². The summed E-state index contributed by atoms with van der Waals surface area (Å²) in [5, 5.41) is 0. The second kappa shape index (κ2) is 5.81. The Morgan fingerprint density at radius 3 is 2.58 bits per heavy atom. The predicted molar refractivity (Wildman–Crippen MR) is 49.8 cm³/mol. The molecule has 2 atom stereocenters. The fourth-order valence-electron chi connectivity index (χ4n) is 1.23. The van der Waals surface area contributed by atoms with Gasteiger partial charge in [0.25, 0.3) is 0 Å². The molecule has 0 saturated heterocycles. The fraction of sp³-hybridized carbons (Fsp3) is 0.700. The van der Waals surface area contributed by atoms with Crippen molar-refractivity contribution in [1.29, 1.82) is 0 Å². The van der Waals surface area contributed by atoms with Crippen LogP contribution >= 0.6 is 0 Å². The SMILES string of the molecule is C=CC[C@@H](C)[C@H](CC)OC(C)=O. The van der Waals surface area contributed by atoms with E-state index in [1.54, 1.807) is 0 Å². The van der Waals surface area contributed by atoms with E-state index in [0.717, 1.165) is 12.8 Å². The summed E-state index contributed by atoms with van der Waals surface area (Å²) in [4.78, 5) is 10.7. The van der Waals surface area contributed by atoms with E-state index in [2.05, 4.69) is 13.5 Å². The van der Waals surface area contributed by atoms with Crippen molar-refractivity contribution in [2.75, 3.05) is 0 Å². The minimum Gasteiger partial charge on any atom is -0.462 e. The molecular formula is C10H18O2. The molecule has 0 N–H and O–H groups in total. The molecule has 0 aromatic rings. The van der Waals surface area contributed by atoms with Gasteiger partial charge in [0.1, 0.15) is 6.10 Å². The first-order chi connectivity index (χ1) is 5.61. The fourth-order valence-corrected chi connectivity index (χ4v) is 1.23. The molecule has 12 heavy (non-hydrogen) atoms. The van der Waals surface area contributed by atoms with E-state index in [4.69, 9.17) is 4.74 Å². The first-order valence-electron chi connectivity index (χ1n) is 4.39. The standard InChI is InChI=1S/C10H18O2/c1-5-7-8(3)10(6-2)12-9(4)11/h5,8,10H,1,6-7H2,2-4H3/t8-,10+/m1/s1. The summed E-state index contributed by atoms with van der Waals surface area (Å²) in [7, 11) is 0. The Morgan fingerprint density at radius 1 is 1.67 bits per heavy atom. The number of esters is 1. The maximum absolute atomic E-state index is 10.7. The molecule has 0 spiro atoms. The average Bonchev–Trinajstić information content (AvgIpc) is 2.00. The summed E-state index contributed by atoms with van der Waals surface area (Å²) in [6, 6.07) is 0. The Morgan fingerprint density at radius 2 is 2.25 bits per heavy atom. The Hall–Kier alpha value is -0.790. The molecule has 2 nitrogen and oxygen atoms in total. The highest BCUT2D eigenvalue weighted by Crippen LogP contribution is 2.15. The molecule has 0 aromatic carbocycles. The molecule has 0 amide bonds. The Bertz CT molecular complexity index is 152. The second-order valence-corrected chi connectivity index (χ2v) is 3.06. The van der Waals surface area contributed by atoms with Gasteiger partial charge in [0.05, 0.1) is 0 Å². The van der Waals surface area contributed by atoms with Gasteiger partial charge in [-0.2, -0.15) is 0 Å². The molecule has 0 rings (SSSR count). The predicted octanol–water partition coefficient (Wildman–Crippen LogP) is 2.54. The van der Waals surface area contributed by atoms with Crippen molar-refractivity contribution < 1.29 is 9.53 Å². The summed E-state index contributed by atoms with van der Waals surface area (Å²) in [6.07, 6.45) is 3.66. The summed E-state index contributed by atoms with van der Waals surface area (Å²) in [5.41, 5.74) is 0. The van der Waals surface area contributed by atoms with E-state index in [0.29, 0.717) is 5.92 Å². The molecule has 0 aromatic heterocycles. The van der Waals surface area contributed by atoms with Crippen LogP contribution in [0.15, 0.2) is 12.7 Å². The normalized spacial score (nSPS) is 14.9. The van der Waals surface area contributed by atoms with Gasteiger partial charge < -0.3 is 4.74 Å². The number of hydrogen-bond donors (Lipinski definition) is 0. The van der Waals surface area contributed by atoms with Crippen LogP contribution in [-0.4, -0.2) is 12.1 Å². The molecule has 0 aliphatic heterocycles. The molecule has 0 heterocycles. The number of hydrogen-bond acceptors (Lipinski definition) is 2. The summed E-state index contributed by atoms with van der Waals surface area (Å²) >= 11 is 0. The molecule has 0 radical (unpaired) electrons. The monoisotopic (exact) mass is 170 g/mol. The Balaban J connectivity index is 3.94. The quantitative estimate of drug-likeness (QED) is 0.468. The first-order valence-corrected chi connectivity index (χ1v) is 4.39. The lowest BCUT2D eigenvalue weighted by atomic mass is 9.99. The number of rotatable bonds is 5. The lowest BCUT2D eigenvalue weighted by molar-refractivity contribution is -0.148. The second-order valence-electron chi connectivity index (χ2n) is 3.06. The van der Waals surface area contributed by atoms with Crippen molar-refractivity contribution in [2.24, 2.45) is 5.92 Å². The smallest absolute Gasteiger partial charge is 0.302 e. The molecule has 0 saturated carbocycles. The van der Waals surface area contributed by atoms with E-state index < -0.39 is 0 Å². The van der Waals surface area contributed by atoms with E-state index in [-0.39, 0.29) is 12.1 Å². The number of allylic oxidation sites excluding steroid dienone is 1. The molecule has 0 fully saturated rings. The van der Waals surface area contributed by atoms with Gasteiger partial charge in [0.2, 0.25) is 0 Å². The minimum absolute atomic E-state index is 0.0421. The summed E-state index contributed by atoms with van der Waals surface area (Å²) < 4.78 is 5.13. The van der Waals surface area contributed by atoms with Gasteiger partial charge in [-0.3, -0.25) is 4.79 Å². The largest absolute Gasteiger partial charge is 0.462 e. The van der Waals surface area contributed by atoms with Gasteiger partial charge in [-0.1, -0.05) is 19.9 Å². The zero-order chi connectivity index (χ0) is 9.56. The molecule has 0 aliphatic carbocycles. The van der Waals surface area contributed by atoms with Gasteiger partial charge >= 0.3 is 5.97 Å². The molecular weight excluding hydrogens is 152 g/mol. The number of carbonyl (C=O) groups is 1. The van der Waals surface area contributed by atoms with Crippen molar-refractivity contribution >= 4 is 5.97 Å². The third-order valence-corrected chi connectivity index (χ3v) is 1.89. The first kappa shape index (κ1) is 11.2. The van der Waals surface area contributed by atoms with Crippen LogP contribution in [0.25, 0.3) is 0 Å². The van der Waals surface area contributed by atoms with Crippen LogP contribution in [0.2, 0.25) is 0 Å². The highest BCUT2D eigenvalue weighted by Gasteiger charge is 2.16. The molecule has 0 bridgehead atoms. The highest BCUT2D eigenvalue weighted by molar-refractivity contribution is 5.66. The van der Waals surface area contributed by atoms with Crippen LogP contribution in [0.4, 0.5) is 0 Å². The van der Waals surface area contributed by atoms with Gasteiger partial charge in [-0.15, -0.1) is 6.58 Å². The van der Waals surface area contributed by atoms with E-state index in [1.807, 2.05) is 13.0 Å². The van der Waals surface area contributed by atoms with Crippen LogP contribution in [0.1, 0.15) is 33.6 Å².